The minimum absolute atomic E-state index is 0. The van der Waals surface area contributed by atoms with Gasteiger partial charge in [0.05, 0.1) is 0 Å². The topological polar surface area (TPSA) is 0 Å². The van der Waals surface area contributed by atoms with Gasteiger partial charge in [-0.3, -0.25) is 0 Å². The first-order chi connectivity index (χ1) is 14.6. The number of benzene rings is 2. The van der Waals surface area contributed by atoms with Crippen molar-refractivity contribution in [1.82, 2.24) is 0 Å². The summed E-state index contributed by atoms with van der Waals surface area (Å²) in [6.45, 7) is 15.9. The molecule has 0 unspecified atom stereocenters. The minimum Gasteiger partial charge on any atom is -0.343 e. The van der Waals surface area contributed by atoms with Gasteiger partial charge in [-0.15, -0.1) is 81.2 Å². The van der Waals surface area contributed by atoms with Crippen LogP contribution in [0.5, 0.6) is 0 Å². The van der Waals surface area contributed by atoms with Crippen LogP contribution >= 0.6 is 0 Å². The standard InChI is InChI=1S/C22H20.2C4H9.Hf/c1-15-13-17-7-3-5-9-21(17)19(15)11-12-20-16(2)14-18-8-4-6-10-22(18)20;2*1-3-4-2;/h3-10,13-14H,11-12H2,1-2H3;2*1,3-4H2,2H3;/q-2;2*-1;+4. The van der Waals surface area contributed by atoms with E-state index in [1.807, 2.05) is 0 Å². The molecule has 0 radical (unpaired) electrons. The molecule has 0 aliphatic carbocycles. The molecule has 0 nitrogen and oxygen atoms in total. The Morgan fingerprint density at radius 3 is 1.29 bits per heavy atom. The summed E-state index contributed by atoms with van der Waals surface area (Å²) in [6, 6.07) is 22.1. The number of rotatable bonds is 5. The van der Waals surface area contributed by atoms with Gasteiger partial charge in [0.15, 0.2) is 0 Å². The molecule has 0 bridgehead atoms. The summed E-state index contributed by atoms with van der Waals surface area (Å²) in [5.41, 5.74) is 5.88. The first kappa shape index (κ1) is 27.6. The molecule has 162 valence electrons. The summed E-state index contributed by atoms with van der Waals surface area (Å²) in [7, 11) is 0. The van der Waals surface area contributed by atoms with Crippen LogP contribution in [0, 0.1) is 27.7 Å². The van der Waals surface area contributed by atoms with Gasteiger partial charge in [-0.2, -0.15) is 24.0 Å². The third kappa shape index (κ3) is 7.56. The van der Waals surface area contributed by atoms with Gasteiger partial charge in [0.2, 0.25) is 0 Å². The molecule has 0 aromatic heterocycles. The van der Waals surface area contributed by atoms with Crippen LogP contribution in [0.2, 0.25) is 0 Å². The van der Waals surface area contributed by atoms with E-state index in [-0.39, 0.29) is 25.8 Å². The third-order valence-corrected chi connectivity index (χ3v) is 5.60. The van der Waals surface area contributed by atoms with Crippen LogP contribution in [0.15, 0.2) is 60.7 Å². The Hall–Kier alpha value is -1.47. The van der Waals surface area contributed by atoms with E-state index in [0.717, 1.165) is 25.7 Å². The molecule has 0 amide bonds. The van der Waals surface area contributed by atoms with Crippen LogP contribution in [0.4, 0.5) is 0 Å². The molecule has 0 saturated heterocycles. The Morgan fingerprint density at radius 2 is 0.968 bits per heavy atom. The van der Waals surface area contributed by atoms with E-state index in [4.69, 9.17) is 0 Å². The van der Waals surface area contributed by atoms with Gasteiger partial charge in [-0.05, 0) is 0 Å². The number of fused-ring (bicyclic) bond motifs is 2. The first-order valence-electron chi connectivity index (χ1n) is 11.4. The van der Waals surface area contributed by atoms with Crippen molar-refractivity contribution >= 4 is 21.5 Å². The maximum Gasteiger partial charge on any atom is 4.00 e. The van der Waals surface area contributed by atoms with Crippen LogP contribution in [-0.2, 0) is 38.7 Å². The Kier molecular flexibility index (Phi) is 13.0. The molecule has 1 heteroatoms. The van der Waals surface area contributed by atoms with Gasteiger partial charge in [0, 0.05) is 0 Å². The van der Waals surface area contributed by atoms with Crippen LogP contribution in [0.25, 0.3) is 21.5 Å². The van der Waals surface area contributed by atoms with E-state index < -0.39 is 0 Å². The third-order valence-electron chi connectivity index (χ3n) is 5.60. The maximum atomic E-state index is 3.60. The molecule has 31 heavy (non-hydrogen) atoms. The second-order valence-electron chi connectivity index (χ2n) is 7.99. The van der Waals surface area contributed by atoms with Crippen molar-refractivity contribution in [1.29, 1.82) is 0 Å². The predicted octanol–water partition coefficient (Wildman–Crippen LogP) is 9.07. The quantitative estimate of drug-likeness (QED) is 0.164. The number of aryl methyl sites for hydroxylation is 4. The van der Waals surface area contributed by atoms with Crippen LogP contribution in [0.1, 0.15) is 61.8 Å². The van der Waals surface area contributed by atoms with E-state index in [1.165, 1.54) is 56.6 Å². The second kappa shape index (κ2) is 14.6. The molecule has 0 atom stereocenters. The number of hydrogen-bond acceptors (Lipinski definition) is 0. The van der Waals surface area contributed by atoms with Crippen molar-refractivity contribution in [2.75, 3.05) is 0 Å². The summed E-state index contributed by atoms with van der Waals surface area (Å²) >= 11 is 0. The molecule has 0 spiro atoms. The van der Waals surface area contributed by atoms with E-state index in [0.29, 0.717) is 0 Å². The average Bonchev–Trinajstić information content (AvgIpc) is 3.27. The molecule has 4 aromatic carbocycles. The smallest absolute Gasteiger partial charge is 0.343 e. The van der Waals surface area contributed by atoms with Crippen molar-refractivity contribution < 1.29 is 25.8 Å². The molecule has 4 rings (SSSR count). The van der Waals surface area contributed by atoms with Crippen molar-refractivity contribution in [3.8, 4) is 0 Å². The molecule has 0 aliphatic rings. The van der Waals surface area contributed by atoms with E-state index in [9.17, 15) is 0 Å². The summed E-state index contributed by atoms with van der Waals surface area (Å²) in [4.78, 5) is 0. The van der Waals surface area contributed by atoms with Crippen molar-refractivity contribution in [2.45, 2.75) is 66.2 Å². The molecular weight excluding hydrogens is 539 g/mol. The van der Waals surface area contributed by atoms with Crippen molar-refractivity contribution in [2.24, 2.45) is 0 Å². The van der Waals surface area contributed by atoms with Crippen LogP contribution in [0.3, 0.4) is 0 Å². The summed E-state index contributed by atoms with van der Waals surface area (Å²) in [5.74, 6) is 0. The van der Waals surface area contributed by atoms with E-state index in [2.05, 4.69) is 102 Å². The summed E-state index contributed by atoms with van der Waals surface area (Å²) in [6.07, 6.45) is 6.79. The van der Waals surface area contributed by atoms with Gasteiger partial charge in [-0.1, -0.05) is 65.5 Å². The first-order valence-corrected chi connectivity index (χ1v) is 11.4. The Balaban J connectivity index is 0.000000465. The van der Waals surface area contributed by atoms with E-state index in [1.54, 1.807) is 0 Å². The van der Waals surface area contributed by atoms with Gasteiger partial charge < -0.3 is 13.8 Å². The monoisotopic (exact) mass is 578 g/mol. The van der Waals surface area contributed by atoms with Crippen LogP contribution < -0.4 is 0 Å². The molecule has 0 aliphatic heterocycles. The fraction of sp³-hybridized carbons (Fsp3) is 0.333. The van der Waals surface area contributed by atoms with E-state index >= 15 is 0 Å². The zero-order valence-corrected chi connectivity index (χ0v) is 23.5. The fourth-order valence-corrected chi connectivity index (χ4v) is 3.77. The zero-order valence-electron chi connectivity index (χ0n) is 19.9. The summed E-state index contributed by atoms with van der Waals surface area (Å²) < 4.78 is 0. The molecule has 0 heterocycles. The Morgan fingerprint density at radius 1 is 0.645 bits per heavy atom. The van der Waals surface area contributed by atoms with Gasteiger partial charge in [-0.25, -0.2) is 0 Å². The van der Waals surface area contributed by atoms with Crippen LogP contribution in [-0.4, -0.2) is 0 Å². The largest absolute Gasteiger partial charge is 4.00 e. The molecule has 0 saturated carbocycles. The summed E-state index contributed by atoms with van der Waals surface area (Å²) in [5, 5.41) is 5.60. The van der Waals surface area contributed by atoms with Crippen molar-refractivity contribution in [3.63, 3.8) is 0 Å². The van der Waals surface area contributed by atoms with Crippen molar-refractivity contribution in [3.05, 3.63) is 96.8 Å². The molecular formula is C30H38Hf. The molecule has 0 N–H and O–H groups in total. The van der Waals surface area contributed by atoms with Gasteiger partial charge in [0.1, 0.15) is 0 Å². The van der Waals surface area contributed by atoms with Gasteiger partial charge >= 0.3 is 25.8 Å². The average molecular weight is 577 g/mol. The molecule has 0 fully saturated rings. The normalized spacial score (nSPS) is 10.1. The minimum atomic E-state index is 0. The SMILES string of the molecule is Cc1[cH-]c2ccccc2c1CCc1c(C)[cH-]c2ccccc12.[CH2-]CCC.[CH2-]CCC.[Hf+4]. The molecule has 4 aromatic rings. The maximum absolute atomic E-state index is 3.60. The Labute approximate surface area is 209 Å². The number of hydrogen-bond donors (Lipinski definition) is 0. The number of unbranched alkanes of at least 4 members (excludes halogenated alkanes) is 2. The van der Waals surface area contributed by atoms with Gasteiger partial charge in [0.25, 0.3) is 0 Å². The predicted molar refractivity (Wildman–Crippen MR) is 136 cm³/mol. The zero-order chi connectivity index (χ0) is 21.9. The second-order valence-corrected chi connectivity index (χ2v) is 7.99. The Bertz CT molecular complexity index is 927. The fourth-order valence-electron chi connectivity index (χ4n) is 3.77.